The SMILES string of the molecule is CC(C)CN(CC=O)NC(=O)CBr. The molecule has 0 heterocycles. The molecule has 0 atom stereocenters. The van der Waals surface area contributed by atoms with E-state index in [1.807, 2.05) is 13.8 Å². The first kappa shape index (κ1) is 12.6. The molecule has 0 fully saturated rings. The topological polar surface area (TPSA) is 49.4 Å². The highest BCUT2D eigenvalue weighted by Crippen LogP contribution is 1.94. The first-order valence-corrected chi connectivity index (χ1v) is 5.26. The predicted octanol–water partition coefficient (Wildman–Crippen LogP) is 0.569. The molecule has 13 heavy (non-hydrogen) atoms. The quantitative estimate of drug-likeness (QED) is 0.426. The molecule has 0 aromatic heterocycles. The van der Waals surface area contributed by atoms with Crippen molar-refractivity contribution in [2.45, 2.75) is 13.8 Å². The van der Waals surface area contributed by atoms with E-state index in [0.29, 0.717) is 12.5 Å². The lowest BCUT2D eigenvalue weighted by molar-refractivity contribution is -0.124. The molecule has 5 heteroatoms. The van der Waals surface area contributed by atoms with E-state index in [1.54, 1.807) is 5.01 Å². The normalized spacial score (nSPS) is 10.5. The van der Waals surface area contributed by atoms with Gasteiger partial charge in [-0.05, 0) is 5.92 Å². The molecule has 0 aliphatic rings. The van der Waals surface area contributed by atoms with E-state index in [4.69, 9.17) is 0 Å². The number of aldehydes is 1. The Bertz CT molecular complexity index is 174. The van der Waals surface area contributed by atoms with Crippen molar-refractivity contribution in [2.75, 3.05) is 18.4 Å². The minimum atomic E-state index is -0.137. The second kappa shape index (κ2) is 7.03. The van der Waals surface area contributed by atoms with Gasteiger partial charge in [0.25, 0.3) is 0 Å². The Hall–Kier alpha value is -0.420. The molecule has 0 rings (SSSR count). The van der Waals surface area contributed by atoms with Gasteiger partial charge >= 0.3 is 0 Å². The van der Waals surface area contributed by atoms with Gasteiger partial charge in [-0.1, -0.05) is 29.8 Å². The van der Waals surface area contributed by atoms with Crippen molar-refractivity contribution in [1.82, 2.24) is 10.4 Å². The van der Waals surface area contributed by atoms with Crippen molar-refractivity contribution < 1.29 is 9.59 Å². The standard InChI is InChI=1S/C8H15BrN2O2/c1-7(2)6-11(3-4-12)10-8(13)5-9/h4,7H,3,5-6H2,1-2H3,(H,10,13). The number of hydrazine groups is 1. The number of nitrogens with zero attached hydrogens (tertiary/aromatic N) is 1. The lowest BCUT2D eigenvalue weighted by Gasteiger charge is -2.21. The zero-order chi connectivity index (χ0) is 10.3. The van der Waals surface area contributed by atoms with E-state index in [1.165, 1.54) is 0 Å². The molecule has 0 saturated heterocycles. The highest BCUT2D eigenvalue weighted by molar-refractivity contribution is 9.09. The van der Waals surface area contributed by atoms with Crippen LogP contribution in [0.1, 0.15) is 13.8 Å². The first-order valence-electron chi connectivity index (χ1n) is 4.14. The third kappa shape index (κ3) is 6.72. The maximum absolute atomic E-state index is 11.0. The Morgan fingerprint density at radius 2 is 2.23 bits per heavy atom. The van der Waals surface area contributed by atoms with Gasteiger partial charge < -0.3 is 4.79 Å². The van der Waals surface area contributed by atoms with Crippen molar-refractivity contribution in [3.63, 3.8) is 0 Å². The number of hydrogen-bond donors (Lipinski definition) is 1. The van der Waals surface area contributed by atoms with Crippen molar-refractivity contribution in [2.24, 2.45) is 5.92 Å². The number of hydrogen-bond acceptors (Lipinski definition) is 3. The zero-order valence-electron chi connectivity index (χ0n) is 7.92. The fourth-order valence-electron chi connectivity index (χ4n) is 0.903. The molecule has 0 spiro atoms. The number of nitrogens with one attached hydrogen (secondary N) is 1. The summed E-state index contributed by atoms with van der Waals surface area (Å²) in [4.78, 5) is 21.2. The monoisotopic (exact) mass is 250 g/mol. The second-order valence-corrected chi connectivity index (χ2v) is 3.69. The molecular weight excluding hydrogens is 236 g/mol. The minimum Gasteiger partial charge on any atom is -0.302 e. The van der Waals surface area contributed by atoms with Gasteiger partial charge in [0, 0.05) is 6.54 Å². The molecule has 1 amide bonds. The molecule has 0 saturated carbocycles. The molecule has 0 bridgehead atoms. The van der Waals surface area contributed by atoms with Crippen LogP contribution in [0.15, 0.2) is 0 Å². The van der Waals surface area contributed by atoms with Gasteiger partial charge in [0.1, 0.15) is 6.29 Å². The van der Waals surface area contributed by atoms with Crippen molar-refractivity contribution in [1.29, 1.82) is 0 Å². The van der Waals surface area contributed by atoms with E-state index in [9.17, 15) is 9.59 Å². The van der Waals surface area contributed by atoms with Crippen LogP contribution in [0.4, 0.5) is 0 Å². The molecule has 0 radical (unpaired) electrons. The third-order valence-corrected chi connectivity index (χ3v) is 1.79. The summed E-state index contributed by atoms with van der Waals surface area (Å²) in [5, 5.41) is 1.86. The van der Waals surface area contributed by atoms with Crippen LogP contribution in [0.3, 0.4) is 0 Å². The summed E-state index contributed by atoms with van der Waals surface area (Å²) in [7, 11) is 0. The van der Waals surface area contributed by atoms with E-state index >= 15 is 0 Å². The summed E-state index contributed by atoms with van der Waals surface area (Å²) in [6.45, 7) is 4.96. The molecular formula is C8H15BrN2O2. The second-order valence-electron chi connectivity index (χ2n) is 3.13. The zero-order valence-corrected chi connectivity index (χ0v) is 9.50. The Labute approximate surface area is 86.8 Å². The van der Waals surface area contributed by atoms with Crippen LogP contribution in [-0.4, -0.2) is 35.6 Å². The molecule has 0 aliphatic heterocycles. The summed E-state index contributed by atoms with van der Waals surface area (Å²) >= 11 is 3.03. The van der Waals surface area contributed by atoms with Gasteiger partial charge in [-0.25, -0.2) is 5.01 Å². The molecule has 0 aromatic rings. The summed E-state index contributed by atoms with van der Waals surface area (Å²) in [5.74, 6) is 0.276. The number of rotatable bonds is 6. The lowest BCUT2D eigenvalue weighted by Crippen LogP contribution is -2.45. The number of amides is 1. The summed E-state index contributed by atoms with van der Waals surface area (Å²) in [5.41, 5.74) is 2.62. The van der Waals surface area contributed by atoms with Gasteiger partial charge in [0.05, 0.1) is 11.9 Å². The van der Waals surface area contributed by atoms with Crippen LogP contribution in [0.25, 0.3) is 0 Å². The third-order valence-electron chi connectivity index (χ3n) is 1.28. The van der Waals surface area contributed by atoms with Crippen LogP contribution in [0.2, 0.25) is 0 Å². The Kier molecular flexibility index (Phi) is 6.80. The van der Waals surface area contributed by atoms with Crippen LogP contribution in [0.5, 0.6) is 0 Å². The molecule has 0 unspecified atom stereocenters. The number of carbonyl (C=O) groups is 2. The highest BCUT2D eigenvalue weighted by Gasteiger charge is 2.08. The largest absolute Gasteiger partial charge is 0.302 e. The smallest absolute Gasteiger partial charge is 0.244 e. The summed E-state index contributed by atoms with van der Waals surface area (Å²) < 4.78 is 0. The van der Waals surface area contributed by atoms with Gasteiger partial charge in [-0.15, -0.1) is 0 Å². The van der Waals surface area contributed by atoms with Crippen LogP contribution < -0.4 is 5.43 Å². The maximum Gasteiger partial charge on any atom is 0.244 e. The van der Waals surface area contributed by atoms with Gasteiger partial charge in [-0.2, -0.15) is 0 Å². The Balaban J connectivity index is 3.92. The van der Waals surface area contributed by atoms with E-state index in [-0.39, 0.29) is 17.8 Å². The summed E-state index contributed by atoms with van der Waals surface area (Å²) in [6.07, 6.45) is 0.775. The fraction of sp³-hybridized carbons (Fsp3) is 0.750. The van der Waals surface area contributed by atoms with Crippen LogP contribution in [0, 0.1) is 5.92 Å². The average molecular weight is 251 g/mol. The molecule has 4 nitrogen and oxygen atoms in total. The minimum absolute atomic E-state index is 0.137. The van der Waals surface area contributed by atoms with Crippen molar-refractivity contribution in [3.8, 4) is 0 Å². The molecule has 1 N–H and O–H groups in total. The van der Waals surface area contributed by atoms with Gasteiger partial charge in [0.15, 0.2) is 0 Å². The Morgan fingerprint density at radius 1 is 1.62 bits per heavy atom. The fourth-order valence-corrected chi connectivity index (χ4v) is 1.03. The molecule has 0 aliphatic carbocycles. The molecule has 0 aromatic carbocycles. The maximum atomic E-state index is 11.0. The highest BCUT2D eigenvalue weighted by atomic mass is 79.9. The van der Waals surface area contributed by atoms with Gasteiger partial charge in [0.2, 0.25) is 5.91 Å². The number of halogens is 1. The van der Waals surface area contributed by atoms with Crippen LogP contribution in [-0.2, 0) is 9.59 Å². The van der Waals surface area contributed by atoms with Crippen molar-refractivity contribution >= 4 is 28.1 Å². The number of alkyl halides is 1. The van der Waals surface area contributed by atoms with Gasteiger partial charge in [-0.3, -0.25) is 10.2 Å². The first-order chi connectivity index (χ1) is 6.10. The van der Waals surface area contributed by atoms with E-state index in [0.717, 1.165) is 6.29 Å². The predicted molar refractivity (Wildman–Crippen MR) is 54.4 cm³/mol. The number of carbonyl (C=O) groups excluding carboxylic acids is 2. The summed E-state index contributed by atoms with van der Waals surface area (Å²) in [6, 6.07) is 0. The van der Waals surface area contributed by atoms with E-state index in [2.05, 4.69) is 21.4 Å². The molecule has 76 valence electrons. The average Bonchev–Trinajstić information content (AvgIpc) is 2.03. The van der Waals surface area contributed by atoms with Crippen molar-refractivity contribution in [3.05, 3.63) is 0 Å². The lowest BCUT2D eigenvalue weighted by atomic mass is 10.2. The Morgan fingerprint density at radius 3 is 2.62 bits per heavy atom. The van der Waals surface area contributed by atoms with Crippen LogP contribution >= 0.6 is 15.9 Å². The van der Waals surface area contributed by atoms with E-state index < -0.39 is 0 Å².